The zero-order valence-corrected chi connectivity index (χ0v) is 3.36. The van der Waals surface area contributed by atoms with Crippen LogP contribution in [0.15, 0.2) is 5.57 Å². The van der Waals surface area contributed by atoms with Gasteiger partial charge in [0.2, 0.25) is 0 Å². The van der Waals surface area contributed by atoms with Gasteiger partial charge in [-0.1, -0.05) is 0 Å². The number of hydrogen-bond acceptors (Lipinski definition) is 2. The van der Waals surface area contributed by atoms with E-state index in [0.29, 0.717) is 0 Å². The Morgan fingerprint density at radius 3 is 2.33 bits per heavy atom. The molecular formula is C4H3NO. The summed E-state index contributed by atoms with van der Waals surface area (Å²) >= 11 is 0. The maximum absolute atomic E-state index is 9.35. The van der Waals surface area contributed by atoms with Crippen molar-refractivity contribution in [3.63, 3.8) is 0 Å². The normalized spacial score (nSPS) is 5.33. The van der Waals surface area contributed by atoms with Gasteiger partial charge < -0.3 is 0 Å². The molecule has 0 aromatic rings. The van der Waals surface area contributed by atoms with E-state index in [9.17, 15) is 4.79 Å². The average molecular weight is 81.1 g/mol. The second kappa shape index (κ2) is 2.19. The van der Waals surface area contributed by atoms with E-state index >= 15 is 0 Å². The molecule has 0 aromatic carbocycles. The van der Waals surface area contributed by atoms with Crippen LogP contribution in [0, 0.1) is 11.3 Å². The minimum Gasteiger partial charge on any atom is -0.232 e. The summed E-state index contributed by atoms with van der Waals surface area (Å²) in [5, 5.41) is 7.79. The van der Waals surface area contributed by atoms with Crippen molar-refractivity contribution >= 4 is 5.94 Å². The third kappa shape index (κ3) is 1.28. The maximum Gasteiger partial charge on any atom is 0.138 e. The molecule has 30 valence electrons. The van der Waals surface area contributed by atoms with Crippen LogP contribution < -0.4 is 0 Å². The predicted molar refractivity (Wildman–Crippen MR) is 20.5 cm³/mol. The Kier molecular flexibility index (Phi) is 1.81. The fourth-order valence-corrected chi connectivity index (χ4v) is 0.0228. The van der Waals surface area contributed by atoms with E-state index in [4.69, 9.17) is 5.26 Å². The zero-order valence-electron chi connectivity index (χ0n) is 3.36. The lowest BCUT2D eigenvalue weighted by atomic mass is 10.4. The number of allylic oxidation sites excluding steroid dienone is 1. The molecule has 0 amide bonds. The third-order valence-electron chi connectivity index (χ3n) is 0.321. The van der Waals surface area contributed by atoms with E-state index in [1.165, 1.54) is 12.9 Å². The van der Waals surface area contributed by atoms with E-state index in [1.54, 1.807) is 6.07 Å². The van der Waals surface area contributed by atoms with Gasteiger partial charge in [-0.15, -0.1) is 0 Å². The summed E-state index contributed by atoms with van der Waals surface area (Å²) in [4.78, 5) is 9.35. The predicted octanol–water partition coefficient (Wildman–Crippen LogP) is 0.288. The number of nitriles is 1. The molecule has 0 N–H and O–H groups in total. The van der Waals surface area contributed by atoms with Crippen molar-refractivity contribution in [2.24, 2.45) is 0 Å². The van der Waals surface area contributed by atoms with E-state index in [2.05, 4.69) is 0 Å². The molecule has 0 saturated carbocycles. The fourth-order valence-electron chi connectivity index (χ4n) is 0.0228. The molecular weight excluding hydrogens is 78.1 g/mol. The molecule has 0 aliphatic carbocycles. The summed E-state index contributed by atoms with van der Waals surface area (Å²) in [5.41, 5.74) is 0.0926. The molecule has 2 heteroatoms. The van der Waals surface area contributed by atoms with Gasteiger partial charge in [-0.2, -0.15) is 5.26 Å². The fraction of sp³-hybridized carbons (Fsp3) is 0.250. The molecule has 0 aromatic heterocycles. The van der Waals surface area contributed by atoms with Gasteiger partial charge in [0.25, 0.3) is 0 Å². The van der Waals surface area contributed by atoms with E-state index in [-0.39, 0.29) is 5.57 Å². The molecule has 0 rings (SSSR count). The zero-order chi connectivity index (χ0) is 4.99. The van der Waals surface area contributed by atoms with Crippen LogP contribution in [0.25, 0.3) is 0 Å². The Balaban J connectivity index is 3.99. The summed E-state index contributed by atoms with van der Waals surface area (Å²) in [6.45, 7) is 1.41. The highest BCUT2D eigenvalue weighted by Crippen LogP contribution is 1.73. The van der Waals surface area contributed by atoms with Crippen molar-refractivity contribution in [2.75, 3.05) is 0 Å². The van der Waals surface area contributed by atoms with Gasteiger partial charge >= 0.3 is 0 Å². The summed E-state index contributed by atoms with van der Waals surface area (Å²) in [6, 6.07) is 1.61. The lowest BCUT2D eigenvalue weighted by molar-refractivity contribution is 0.568. The molecule has 2 nitrogen and oxygen atoms in total. The van der Waals surface area contributed by atoms with Crippen LogP contribution in [0.2, 0.25) is 0 Å². The number of rotatable bonds is 0. The van der Waals surface area contributed by atoms with Crippen molar-refractivity contribution in [3.05, 3.63) is 5.57 Å². The van der Waals surface area contributed by atoms with Crippen LogP contribution in [0.1, 0.15) is 6.92 Å². The van der Waals surface area contributed by atoms with Crippen molar-refractivity contribution in [3.8, 4) is 6.07 Å². The Morgan fingerprint density at radius 1 is 1.83 bits per heavy atom. The van der Waals surface area contributed by atoms with Crippen LogP contribution in [0.5, 0.6) is 0 Å². The van der Waals surface area contributed by atoms with Gasteiger partial charge in [0, 0.05) is 0 Å². The Labute approximate surface area is 35.7 Å². The lowest BCUT2D eigenvalue weighted by Gasteiger charge is -1.58. The molecule has 0 aliphatic rings. The second-order valence-corrected chi connectivity index (χ2v) is 0.839. The number of hydrogen-bond donors (Lipinski definition) is 0. The maximum atomic E-state index is 9.35. The lowest BCUT2D eigenvalue weighted by Crippen LogP contribution is -1.62. The molecule has 0 radical (unpaired) electrons. The molecule has 0 heterocycles. The van der Waals surface area contributed by atoms with Crippen molar-refractivity contribution in [1.29, 1.82) is 5.26 Å². The molecule has 0 atom stereocenters. The van der Waals surface area contributed by atoms with Gasteiger partial charge in [-0.05, 0) is 6.92 Å². The first-order chi connectivity index (χ1) is 2.81. The molecule has 6 heavy (non-hydrogen) atoms. The average Bonchev–Trinajstić information content (AvgIpc) is 1.65. The SMILES string of the molecule is CC(=C=O)C#N. The molecule has 0 fully saturated rings. The second-order valence-electron chi connectivity index (χ2n) is 0.839. The van der Waals surface area contributed by atoms with Crippen LogP contribution in [0.3, 0.4) is 0 Å². The van der Waals surface area contributed by atoms with Crippen LogP contribution in [-0.4, -0.2) is 5.94 Å². The molecule has 0 aliphatic heterocycles. The first kappa shape index (κ1) is 4.94. The highest BCUT2D eigenvalue weighted by atomic mass is 16.1. The van der Waals surface area contributed by atoms with E-state index in [0.717, 1.165) is 0 Å². The van der Waals surface area contributed by atoms with E-state index < -0.39 is 0 Å². The van der Waals surface area contributed by atoms with Crippen LogP contribution >= 0.6 is 0 Å². The smallest absolute Gasteiger partial charge is 0.138 e. The highest BCUT2D eigenvalue weighted by Gasteiger charge is 1.74. The Bertz CT molecular complexity index is 125. The topological polar surface area (TPSA) is 40.9 Å². The van der Waals surface area contributed by atoms with Gasteiger partial charge in [-0.3, -0.25) is 0 Å². The largest absolute Gasteiger partial charge is 0.232 e. The Hall–Kier alpha value is -1.06. The molecule has 0 unspecified atom stereocenters. The summed E-state index contributed by atoms with van der Waals surface area (Å²) < 4.78 is 0. The molecule has 0 saturated heterocycles. The standard InChI is InChI=1S/C4H3NO/c1-4(2-5)3-6/h1H3. The summed E-state index contributed by atoms with van der Waals surface area (Å²) in [7, 11) is 0. The molecule has 0 spiro atoms. The van der Waals surface area contributed by atoms with Crippen LogP contribution in [-0.2, 0) is 4.79 Å². The van der Waals surface area contributed by atoms with Gasteiger partial charge in [0.15, 0.2) is 0 Å². The van der Waals surface area contributed by atoms with Crippen LogP contribution in [0.4, 0.5) is 0 Å². The first-order valence-electron chi connectivity index (χ1n) is 1.43. The molecule has 0 bridgehead atoms. The summed E-state index contributed by atoms with van der Waals surface area (Å²) in [6.07, 6.45) is 0. The Morgan fingerprint density at radius 2 is 2.33 bits per heavy atom. The first-order valence-corrected chi connectivity index (χ1v) is 1.43. The number of carbonyl (C=O) groups excluding carboxylic acids is 1. The van der Waals surface area contributed by atoms with Gasteiger partial charge in [-0.25, -0.2) is 4.79 Å². The van der Waals surface area contributed by atoms with Gasteiger partial charge in [0.05, 0.1) is 0 Å². The van der Waals surface area contributed by atoms with Crippen molar-refractivity contribution < 1.29 is 4.79 Å². The minimum atomic E-state index is 0.0926. The summed E-state index contributed by atoms with van der Waals surface area (Å²) in [5.74, 6) is 1.42. The third-order valence-corrected chi connectivity index (χ3v) is 0.321. The highest BCUT2D eigenvalue weighted by molar-refractivity contribution is 5.57. The quantitative estimate of drug-likeness (QED) is 0.310. The number of nitrogens with zero attached hydrogens (tertiary/aromatic N) is 1. The van der Waals surface area contributed by atoms with Crippen molar-refractivity contribution in [2.45, 2.75) is 6.92 Å². The minimum absolute atomic E-state index is 0.0926. The van der Waals surface area contributed by atoms with Gasteiger partial charge in [0.1, 0.15) is 17.6 Å². The monoisotopic (exact) mass is 81.0 g/mol. The van der Waals surface area contributed by atoms with E-state index in [1.807, 2.05) is 0 Å². The van der Waals surface area contributed by atoms with Crippen molar-refractivity contribution in [1.82, 2.24) is 0 Å².